The smallest absolute Gasteiger partial charge is 0.260 e. The predicted molar refractivity (Wildman–Crippen MR) is 143 cm³/mol. The molecular weight excluding hydrogens is 434 g/mol. The molecule has 0 bridgehead atoms. The summed E-state index contributed by atoms with van der Waals surface area (Å²) in [4.78, 5) is 18.6. The molecule has 0 unspecified atom stereocenters. The zero-order chi connectivity index (χ0) is 23.8. The van der Waals surface area contributed by atoms with Crippen LogP contribution in [-0.2, 0) is 6.54 Å². The van der Waals surface area contributed by atoms with E-state index < -0.39 is 0 Å². The van der Waals surface area contributed by atoms with Crippen LogP contribution in [0.4, 0.5) is 5.69 Å². The van der Waals surface area contributed by atoms with Crippen LogP contribution in [0.3, 0.4) is 0 Å². The van der Waals surface area contributed by atoms with E-state index in [4.69, 9.17) is 5.10 Å². The molecule has 5 aromatic rings. The first kappa shape index (κ1) is 21.6. The summed E-state index contributed by atoms with van der Waals surface area (Å²) in [5, 5.41) is 7.67. The minimum Gasteiger partial charge on any atom is -0.369 e. The van der Waals surface area contributed by atoms with E-state index in [1.54, 1.807) is 0 Å². The Hall–Kier alpha value is -3.90. The number of aromatic nitrogens is 3. The van der Waals surface area contributed by atoms with E-state index in [-0.39, 0.29) is 5.56 Å². The van der Waals surface area contributed by atoms with Crippen molar-refractivity contribution in [1.29, 1.82) is 0 Å². The average molecular weight is 464 g/mol. The minimum absolute atomic E-state index is 0.0492. The molecule has 1 saturated heterocycles. The molecule has 0 amide bonds. The third-order valence-electron chi connectivity index (χ3n) is 7.10. The highest BCUT2D eigenvalue weighted by atomic mass is 16.1. The van der Waals surface area contributed by atoms with Crippen molar-refractivity contribution in [3.63, 3.8) is 0 Å². The van der Waals surface area contributed by atoms with Gasteiger partial charge in [0.1, 0.15) is 5.65 Å². The lowest BCUT2D eigenvalue weighted by atomic mass is 10.1. The minimum atomic E-state index is 0.0492. The van der Waals surface area contributed by atoms with E-state index in [0.717, 1.165) is 65.9 Å². The summed E-state index contributed by atoms with van der Waals surface area (Å²) in [5.41, 5.74) is 4.10. The number of hydrogen-bond donors (Lipinski definition) is 0. The third-order valence-corrected chi connectivity index (χ3v) is 7.10. The molecule has 1 aliphatic heterocycles. The summed E-state index contributed by atoms with van der Waals surface area (Å²) in [5.74, 6) is 0. The van der Waals surface area contributed by atoms with Gasteiger partial charge in [0.05, 0.1) is 11.4 Å². The van der Waals surface area contributed by atoms with Crippen LogP contribution in [0.1, 0.15) is 5.69 Å². The van der Waals surface area contributed by atoms with Crippen molar-refractivity contribution in [2.75, 3.05) is 37.6 Å². The summed E-state index contributed by atoms with van der Waals surface area (Å²) in [6, 6.07) is 28.6. The Kier molecular flexibility index (Phi) is 5.58. The van der Waals surface area contributed by atoms with Gasteiger partial charge in [-0.3, -0.25) is 14.3 Å². The van der Waals surface area contributed by atoms with E-state index in [9.17, 15) is 4.79 Å². The first-order valence-corrected chi connectivity index (χ1v) is 12.3. The van der Waals surface area contributed by atoms with Crippen molar-refractivity contribution in [3.05, 3.63) is 101 Å². The Morgan fingerprint density at radius 3 is 2.00 bits per heavy atom. The number of aryl methyl sites for hydroxylation is 1. The lowest BCUT2D eigenvalue weighted by molar-refractivity contribution is 0.248. The van der Waals surface area contributed by atoms with Crippen LogP contribution in [0.25, 0.3) is 27.5 Å². The molecular formula is C29H29N5O. The standard InChI is InChI=1S/C29H29N5O/c1-22-27-25-14-8-9-15-26(25)29(35)33(28(27)34(30-22)24-12-6-3-7-13-24)21-18-31-16-19-32(20-17-31)23-10-4-2-5-11-23/h2-15H,16-21H2,1H3. The zero-order valence-corrected chi connectivity index (χ0v) is 20.0. The number of nitrogens with zero attached hydrogens (tertiary/aromatic N) is 5. The summed E-state index contributed by atoms with van der Waals surface area (Å²) in [7, 11) is 0. The van der Waals surface area contributed by atoms with Crippen molar-refractivity contribution in [1.82, 2.24) is 19.2 Å². The number of benzene rings is 3. The highest BCUT2D eigenvalue weighted by Crippen LogP contribution is 2.28. The normalized spacial score (nSPS) is 14.7. The second-order valence-electron chi connectivity index (χ2n) is 9.20. The summed E-state index contributed by atoms with van der Waals surface area (Å²) < 4.78 is 3.88. The van der Waals surface area contributed by atoms with Gasteiger partial charge in [-0.2, -0.15) is 5.10 Å². The summed E-state index contributed by atoms with van der Waals surface area (Å²) >= 11 is 0. The van der Waals surface area contributed by atoms with Crippen molar-refractivity contribution in [2.24, 2.45) is 0 Å². The lowest BCUT2D eigenvalue weighted by Crippen LogP contribution is -2.47. The summed E-state index contributed by atoms with van der Waals surface area (Å²) in [6.07, 6.45) is 0. The fraction of sp³-hybridized carbons (Fsp3) is 0.241. The van der Waals surface area contributed by atoms with Crippen LogP contribution >= 0.6 is 0 Å². The molecule has 0 N–H and O–H groups in total. The molecule has 35 heavy (non-hydrogen) atoms. The van der Waals surface area contributed by atoms with Crippen LogP contribution in [-0.4, -0.2) is 52.0 Å². The predicted octanol–water partition coefficient (Wildman–Crippen LogP) is 4.47. The fourth-order valence-electron chi connectivity index (χ4n) is 5.28. The second kappa shape index (κ2) is 9.04. The van der Waals surface area contributed by atoms with Gasteiger partial charge < -0.3 is 4.90 Å². The van der Waals surface area contributed by atoms with Gasteiger partial charge in [-0.05, 0) is 37.3 Å². The topological polar surface area (TPSA) is 46.3 Å². The molecule has 6 heteroatoms. The average Bonchev–Trinajstić information content (AvgIpc) is 3.27. The molecule has 2 aromatic heterocycles. The van der Waals surface area contributed by atoms with E-state index in [1.165, 1.54) is 5.69 Å². The molecule has 1 aliphatic rings. The van der Waals surface area contributed by atoms with Gasteiger partial charge >= 0.3 is 0 Å². The maximum Gasteiger partial charge on any atom is 0.260 e. The number of anilines is 1. The molecule has 176 valence electrons. The molecule has 3 heterocycles. The number of hydrogen-bond acceptors (Lipinski definition) is 4. The zero-order valence-electron chi connectivity index (χ0n) is 20.0. The maximum absolute atomic E-state index is 13.7. The SMILES string of the molecule is Cc1nn(-c2ccccc2)c2c1c1ccccc1c(=O)n2CCN1CCN(c2ccccc2)CC1. The van der Waals surface area contributed by atoms with Gasteiger partial charge in [-0.25, -0.2) is 4.68 Å². The van der Waals surface area contributed by atoms with Crippen LogP contribution in [0.2, 0.25) is 0 Å². The van der Waals surface area contributed by atoms with Crippen molar-refractivity contribution < 1.29 is 0 Å². The van der Waals surface area contributed by atoms with Crippen LogP contribution in [0.5, 0.6) is 0 Å². The molecule has 0 radical (unpaired) electrons. The fourth-order valence-corrected chi connectivity index (χ4v) is 5.28. The molecule has 0 spiro atoms. The van der Waals surface area contributed by atoms with Crippen molar-refractivity contribution in [3.8, 4) is 5.69 Å². The number of para-hydroxylation sites is 2. The monoisotopic (exact) mass is 463 g/mol. The van der Waals surface area contributed by atoms with Gasteiger partial charge in [0.15, 0.2) is 0 Å². The molecule has 1 fully saturated rings. The number of rotatable bonds is 5. The largest absolute Gasteiger partial charge is 0.369 e. The van der Waals surface area contributed by atoms with E-state index >= 15 is 0 Å². The van der Waals surface area contributed by atoms with Gasteiger partial charge in [-0.15, -0.1) is 0 Å². The Morgan fingerprint density at radius 1 is 0.714 bits per heavy atom. The molecule has 6 nitrogen and oxygen atoms in total. The van der Waals surface area contributed by atoms with E-state index in [1.807, 2.05) is 70.8 Å². The Balaban J connectivity index is 1.35. The van der Waals surface area contributed by atoms with E-state index in [0.29, 0.717) is 6.54 Å². The van der Waals surface area contributed by atoms with Crippen LogP contribution in [0, 0.1) is 6.92 Å². The van der Waals surface area contributed by atoms with E-state index in [2.05, 4.69) is 40.1 Å². The quantitative estimate of drug-likeness (QED) is 0.386. The summed E-state index contributed by atoms with van der Waals surface area (Å²) in [6.45, 7) is 7.44. The molecule has 3 aromatic carbocycles. The number of piperazine rings is 1. The molecule has 0 saturated carbocycles. The van der Waals surface area contributed by atoms with Gasteiger partial charge in [0.2, 0.25) is 0 Å². The highest BCUT2D eigenvalue weighted by Gasteiger charge is 2.21. The number of fused-ring (bicyclic) bond motifs is 3. The van der Waals surface area contributed by atoms with Gasteiger partial charge in [0, 0.05) is 61.1 Å². The highest BCUT2D eigenvalue weighted by molar-refractivity contribution is 6.06. The Labute approximate surface area is 204 Å². The van der Waals surface area contributed by atoms with Crippen LogP contribution < -0.4 is 10.5 Å². The van der Waals surface area contributed by atoms with Gasteiger partial charge in [0.25, 0.3) is 5.56 Å². The van der Waals surface area contributed by atoms with Crippen molar-refractivity contribution in [2.45, 2.75) is 13.5 Å². The molecule has 0 aliphatic carbocycles. The first-order valence-electron chi connectivity index (χ1n) is 12.3. The Bertz CT molecular complexity index is 1530. The lowest BCUT2D eigenvalue weighted by Gasteiger charge is -2.36. The molecule has 0 atom stereocenters. The number of pyridine rings is 1. The van der Waals surface area contributed by atoms with Crippen molar-refractivity contribution >= 4 is 27.5 Å². The van der Waals surface area contributed by atoms with Crippen LogP contribution in [0.15, 0.2) is 89.7 Å². The third kappa shape index (κ3) is 3.90. The second-order valence-corrected chi connectivity index (χ2v) is 9.20. The van der Waals surface area contributed by atoms with Gasteiger partial charge in [-0.1, -0.05) is 54.6 Å². The Morgan fingerprint density at radius 2 is 1.31 bits per heavy atom. The maximum atomic E-state index is 13.7. The molecule has 6 rings (SSSR count). The first-order chi connectivity index (χ1) is 17.2.